The van der Waals surface area contributed by atoms with Crippen molar-refractivity contribution in [2.75, 3.05) is 27.0 Å². The number of phenols is 1. The number of nitrogens with zero attached hydrogens (tertiary/aromatic N) is 6. The molecule has 68 heavy (non-hydrogen) atoms. The maximum atomic E-state index is 12.7. The quantitative estimate of drug-likeness (QED) is 0.0468. The molecule has 0 fully saturated rings. The molecule has 0 saturated heterocycles. The van der Waals surface area contributed by atoms with Gasteiger partial charge < -0.3 is 31.4 Å². The Labute approximate surface area is 379 Å². The Balaban J connectivity index is 1.46. The number of urea groups is 2. The number of carbonyl (C=O) groups excluding carboxylic acids is 2. The van der Waals surface area contributed by atoms with E-state index in [1.807, 2.05) is 0 Å². The smallest absolute Gasteiger partial charge is 0.326 e. The summed E-state index contributed by atoms with van der Waals surface area (Å²) in [4.78, 5) is 56.5. The Morgan fingerprint density at radius 2 is 0.941 bits per heavy atom. The molecule has 6 rings (SSSR count). The molecule has 2 aromatic heterocycles. The van der Waals surface area contributed by atoms with Gasteiger partial charge in [-0.15, -0.1) is 20.5 Å². The van der Waals surface area contributed by atoms with E-state index in [0.717, 1.165) is 42.5 Å². The first-order valence-electron chi connectivity index (χ1n) is 17.9. The lowest BCUT2D eigenvalue weighted by Gasteiger charge is -2.14. The van der Waals surface area contributed by atoms with Gasteiger partial charge in [-0.1, -0.05) is 0 Å². The first-order chi connectivity index (χ1) is 31.5. The van der Waals surface area contributed by atoms with Gasteiger partial charge in [0.2, 0.25) is 11.9 Å². The number of nitrogen functional groups attached to an aromatic ring is 1. The van der Waals surface area contributed by atoms with Crippen molar-refractivity contribution >= 4 is 115 Å². The lowest BCUT2D eigenvalue weighted by Crippen LogP contribution is -2.23. The summed E-state index contributed by atoms with van der Waals surface area (Å²) in [6, 6.07) is 5.98. The van der Waals surface area contributed by atoms with E-state index < -0.39 is 128 Å². The number of hydrogen-bond acceptors (Lipinski definition) is 20. The Hall–Kier alpha value is -8.12. The second-order valence-corrected chi connectivity index (χ2v) is 19.2. The van der Waals surface area contributed by atoms with Gasteiger partial charge in [0.05, 0.1) is 11.1 Å². The largest absolute Gasteiger partial charge is 0.505 e. The van der Waals surface area contributed by atoms with Crippen LogP contribution in [0.5, 0.6) is 5.75 Å². The van der Waals surface area contributed by atoms with E-state index in [-0.39, 0.29) is 23.3 Å². The zero-order valence-electron chi connectivity index (χ0n) is 33.8. The molecule has 0 aliphatic carbocycles. The summed E-state index contributed by atoms with van der Waals surface area (Å²) < 4.78 is 140. The highest BCUT2D eigenvalue weighted by molar-refractivity contribution is 7.86. The minimum Gasteiger partial charge on any atom is -0.505 e. The molecule has 0 atom stereocenters. The van der Waals surface area contributed by atoms with Gasteiger partial charge in [0.1, 0.15) is 42.3 Å². The van der Waals surface area contributed by atoms with Crippen molar-refractivity contribution in [2.24, 2.45) is 20.5 Å². The fraction of sp³-hybridized carbons (Fsp3) is 0.0588. The van der Waals surface area contributed by atoms with Crippen LogP contribution >= 0.6 is 0 Å². The van der Waals surface area contributed by atoms with E-state index >= 15 is 0 Å². The monoisotopic (exact) mass is 1020 g/mol. The van der Waals surface area contributed by atoms with Crippen molar-refractivity contribution in [2.45, 2.75) is 33.4 Å². The zero-order valence-corrected chi connectivity index (χ0v) is 37.1. The van der Waals surface area contributed by atoms with E-state index in [2.05, 4.69) is 61.7 Å². The number of fused-ring (bicyclic) bond motifs is 1. The van der Waals surface area contributed by atoms with Gasteiger partial charge in [-0.3, -0.25) is 38.4 Å². The van der Waals surface area contributed by atoms with Gasteiger partial charge in [0, 0.05) is 34.9 Å². The molecule has 2 heterocycles. The molecule has 30 nitrogen and oxygen atoms in total. The highest BCUT2D eigenvalue weighted by Gasteiger charge is 2.29. The maximum absolute atomic E-state index is 12.7. The van der Waals surface area contributed by atoms with E-state index in [4.69, 9.17) is 5.73 Å². The Morgan fingerprint density at radius 1 is 0.559 bits per heavy atom. The van der Waals surface area contributed by atoms with Gasteiger partial charge in [-0.25, -0.2) is 9.59 Å². The summed E-state index contributed by atoms with van der Waals surface area (Å²) in [5.41, 5.74) is -0.144. The SMILES string of the molecule is Cc1cc(=O)nc(NC(=O)Nc2ccc(S(=O)(=O)O)c(N=Nc3c(S(=O)(=O)O)cc4cc(S(=O)(=O)O)c(N=Nc5cc(NC(=O)Nc6nc(=O)cc(C)[nH]6)ccc5S(=O)(=O)O)c(O)c4c3N)c2)[nH]1. The molecule has 0 saturated carbocycles. The molecule has 13 N–H and O–H groups in total. The predicted octanol–water partition coefficient (Wildman–Crippen LogP) is 4.02. The van der Waals surface area contributed by atoms with Crippen LogP contribution < -0.4 is 38.1 Å². The van der Waals surface area contributed by atoms with Gasteiger partial charge in [0.15, 0.2) is 5.75 Å². The molecule has 0 aliphatic heterocycles. The molecule has 0 aliphatic rings. The third kappa shape index (κ3) is 11.5. The fourth-order valence-electron chi connectivity index (χ4n) is 5.91. The van der Waals surface area contributed by atoms with Gasteiger partial charge in [-0.05, 0) is 67.8 Å². The Kier molecular flexibility index (Phi) is 13.3. The van der Waals surface area contributed by atoms with Gasteiger partial charge in [-0.2, -0.15) is 43.6 Å². The summed E-state index contributed by atoms with van der Waals surface area (Å²) in [5, 5.41) is 33.4. The first kappa shape index (κ1) is 49.3. The van der Waals surface area contributed by atoms with Crippen molar-refractivity contribution in [3.63, 3.8) is 0 Å². The summed E-state index contributed by atoms with van der Waals surface area (Å²) in [5.74, 6) is -1.97. The number of rotatable bonds is 12. The van der Waals surface area contributed by atoms with Crippen LogP contribution in [-0.4, -0.2) is 89.0 Å². The van der Waals surface area contributed by atoms with Crippen molar-refractivity contribution in [1.82, 2.24) is 19.9 Å². The first-order valence-corrected chi connectivity index (χ1v) is 23.7. The molecular formula is C34H29N13O17S4. The van der Waals surface area contributed by atoms with Crippen molar-refractivity contribution in [1.29, 1.82) is 0 Å². The summed E-state index contributed by atoms with van der Waals surface area (Å²) >= 11 is 0. The number of nitrogens with two attached hydrogens (primary N) is 1. The molecule has 4 amide bonds. The molecule has 0 bridgehead atoms. The van der Waals surface area contributed by atoms with Crippen LogP contribution in [0.25, 0.3) is 10.8 Å². The number of aromatic amines is 2. The Morgan fingerprint density at radius 3 is 1.32 bits per heavy atom. The number of carbonyl (C=O) groups is 2. The zero-order chi connectivity index (χ0) is 50.3. The molecule has 356 valence electrons. The second-order valence-electron chi connectivity index (χ2n) is 13.6. The predicted molar refractivity (Wildman–Crippen MR) is 235 cm³/mol. The van der Waals surface area contributed by atoms with E-state index in [1.165, 1.54) is 13.8 Å². The average Bonchev–Trinajstić information content (AvgIpc) is 3.17. The standard InChI is InChI=1S/C34H29N13O17S4/c1-13-7-24(48)40-31(36-13)42-33(51)38-16-3-5-20(65(53,54)55)18(11-16)44-46-28-22(67(59,60)61)9-15-10-23(68(62,63)64)29(30(50)26(15)27(28)35)47-45-19-12-17(4-6-21(19)66(56,57)58)39-34(52)43-32-37-14(2)8-25(49)41-32/h3-12,50H,35H2,1-2H3,(H,53,54,55)(H,56,57,58)(H,59,60,61)(H,62,63,64)(H3,36,38,40,42,48,51)(H3,37,39,41,43,49,52). The number of aromatic hydroxyl groups is 1. The molecule has 34 heteroatoms. The molecule has 0 spiro atoms. The van der Waals surface area contributed by atoms with Crippen LogP contribution in [0.15, 0.2) is 110 Å². The third-order valence-electron chi connectivity index (χ3n) is 8.59. The minimum absolute atomic E-state index is 0.274. The van der Waals surface area contributed by atoms with Gasteiger partial charge >= 0.3 is 12.1 Å². The molecular weight excluding hydrogens is 991 g/mol. The third-order valence-corrected chi connectivity index (χ3v) is 12.1. The maximum Gasteiger partial charge on any atom is 0.326 e. The van der Waals surface area contributed by atoms with Crippen LogP contribution in [0.1, 0.15) is 11.4 Å². The minimum atomic E-state index is -5.53. The van der Waals surface area contributed by atoms with E-state index in [0.29, 0.717) is 29.6 Å². The number of azo groups is 2. The second kappa shape index (κ2) is 18.3. The number of aryl methyl sites for hydroxylation is 2. The van der Waals surface area contributed by atoms with Crippen molar-refractivity contribution in [3.8, 4) is 5.75 Å². The molecule has 0 unspecified atom stereocenters. The van der Waals surface area contributed by atoms with Crippen LogP contribution in [0.4, 0.5) is 61.3 Å². The summed E-state index contributed by atoms with van der Waals surface area (Å²) in [6.45, 7) is 2.98. The Bertz CT molecular complexity index is 3540. The fourth-order valence-corrected chi connectivity index (χ4v) is 8.45. The van der Waals surface area contributed by atoms with Crippen molar-refractivity contribution < 1.29 is 66.6 Å². The molecule has 0 radical (unpaired) electrons. The van der Waals surface area contributed by atoms with Crippen LogP contribution in [0.3, 0.4) is 0 Å². The van der Waals surface area contributed by atoms with E-state index in [1.54, 1.807) is 0 Å². The number of nitrogens with one attached hydrogen (secondary N) is 6. The highest BCUT2D eigenvalue weighted by atomic mass is 32.2. The van der Waals surface area contributed by atoms with Crippen molar-refractivity contribution in [3.05, 3.63) is 92.8 Å². The summed E-state index contributed by atoms with van der Waals surface area (Å²) in [7, 11) is -21.4. The topological polar surface area (TPSA) is 487 Å². The average molecular weight is 1020 g/mol. The highest BCUT2D eigenvalue weighted by Crippen LogP contribution is 2.49. The number of hydrogen-bond donors (Lipinski definition) is 12. The normalized spacial score (nSPS) is 12.4. The number of H-pyrrole nitrogens is 2. The number of phenolic OH excluding ortho intramolecular Hbond substituents is 1. The van der Waals surface area contributed by atoms with Crippen LogP contribution in [0.2, 0.25) is 0 Å². The lowest BCUT2D eigenvalue weighted by molar-refractivity contribution is 0.261. The molecule has 6 aromatic rings. The number of benzene rings is 4. The summed E-state index contributed by atoms with van der Waals surface area (Å²) in [6.07, 6.45) is 0. The van der Waals surface area contributed by atoms with E-state index in [9.17, 15) is 76.2 Å². The number of aromatic nitrogens is 4. The van der Waals surface area contributed by atoms with Crippen LogP contribution in [0, 0.1) is 13.8 Å². The number of anilines is 5. The van der Waals surface area contributed by atoms with Gasteiger partial charge in [0.25, 0.3) is 51.6 Å². The van der Waals surface area contributed by atoms with Crippen LogP contribution in [-0.2, 0) is 40.5 Å². The lowest BCUT2D eigenvalue weighted by atomic mass is 10.1. The molecule has 4 aromatic carbocycles. The number of amides is 4.